The van der Waals surface area contributed by atoms with E-state index in [0.29, 0.717) is 18.7 Å². The van der Waals surface area contributed by atoms with Crippen LogP contribution in [0.4, 0.5) is 5.69 Å². The van der Waals surface area contributed by atoms with Crippen LogP contribution in [0.3, 0.4) is 0 Å². The van der Waals surface area contributed by atoms with Gasteiger partial charge in [0.05, 0.1) is 11.0 Å². The molecular weight excluding hydrogens is 274 g/mol. The van der Waals surface area contributed by atoms with E-state index in [9.17, 15) is 25.6 Å². The number of benzene rings is 1. The second-order valence-corrected chi connectivity index (χ2v) is 4.40. The Labute approximate surface area is 122 Å². The van der Waals surface area contributed by atoms with E-state index in [1.54, 1.807) is 0 Å². The van der Waals surface area contributed by atoms with E-state index in [-0.39, 0.29) is 5.56 Å². The van der Waals surface area contributed by atoms with Gasteiger partial charge in [-0.2, -0.15) is 5.26 Å². The molecule has 7 heteroatoms. The van der Waals surface area contributed by atoms with Gasteiger partial charge in [-0.05, 0) is 30.3 Å². The Hall–Kier alpha value is -2.59. The number of rotatable bonds is 6. The van der Waals surface area contributed by atoms with Gasteiger partial charge >= 0.3 is 5.69 Å². The molecule has 0 aliphatic carbocycles. The molecule has 1 aromatic carbocycles. The summed E-state index contributed by atoms with van der Waals surface area (Å²) < 4.78 is 0. The van der Waals surface area contributed by atoms with Crippen LogP contribution in [0.25, 0.3) is 5.57 Å². The summed E-state index contributed by atoms with van der Waals surface area (Å²) in [5.41, 5.74) is -0.0440. The molecule has 0 fully saturated rings. The van der Waals surface area contributed by atoms with E-state index in [1.807, 2.05) is 18.7 Å². The van der Waals surface area contributed by atoms with Crippen LogP contribution in [0.1, 0.15) is 19.4 Å². The number of likely N-dealkylation sites (N-methyl/N-ethyl adjacent to an activating group) is 1. The zero-order valence-corrected chi connectivity index (χ0v) is 11.9. The lowest BCUT2D eigenvalue weighted by molar-refractivity contribution is -0.386. The average Bonchev–Trinajstić information content (AvgIpc) is 2.46. The first-order valence-corrected chi connectivity index (χ1v) is 6.40. The molecule has 0 radical (unpaired) electrons. The van der Waals surface area contributed by atoms with E-state index >= 15 is 0 Å². The molecule has 0 aromatic heterocycles. The lowest BCUT2D eigenvalue weighted by Crippen LogP contribution is -2.34. The summed E-state index contributed by atoms with van der Waals surface area (Å²) in [6.07, 6.45) is 0. The topological polar surface area (TPSA) is 111 Å². The lowest BCUT2D eigenvalue weighted by atomic mass is 9.98. The molecule has 1 aromatic rings. The fourth-order valence-electron chi connectivity index (χ4n) is 2.06. The Morgan fingerprint density at radius 3 is 2.48 bits per heavy atom. The monoisotopic (exact) mass is 291 g/mol. The average molecular weight is 291 g/mol. The smallest absolute Gasteiger partial charge is 0.315 e. The van der Waals surface area contributed by atoms with Crippen LogP contribution in [-0.2, 0) is 0 Å². The molecule has 0 amide bonds. The SMILES string of the molecule is C=C(c1cc(O)c(O)c([N+](=O)[O-])c1)C(C#N)N(CC)CC. The van der Waals surface area contributed by atoms with Gasteiger partial charge in [0, 0.05) is 6.07 Å². The maximum Gasteiger partial charge on any atom is 0.315 e. The summed E-state index contributed by atoms with van der Waals surface area (Å²) >= 11 is 0. The summed E-state index contributed by atoms with van der Waals surface area (Å²) in [5, 5.41) is 39.2. The van der Waals surface area contributed by atoms with Crippen LogP contribution in [0, 0.1) is 21.4 Å². The highest BCUT2D eigenvalue weighted by atomic mass is 16.6. The predicted octanol–water partition coefficient (Wildman–Crippen LogP) is 2.25. The quantitative estimate of drug-likeness (QED) is 0.472. The largest absolute Gasteiger partial charge is 0.504 e. The van der Waals surface area contributed by atoms with Crippen LogP contribution >= 0.6 is 0 Å². The second kappa shape index (κ2) is 6.72. The Balaban J connectivity index is 3.30. The number of nitro benzene ring substituents is 1. The van der Waals surface area contributed by atoms with Crippen molar-refractivity contribution in [2.75, 3.05) is 13.1 Å². The molecule has 21 heavy (non-hydrogen) atoms. The molecule has 2 N–H and O–H groups in total. The summed E-state index contributed by atoms with van der Waals surface area (Å²) in [6.45, 7) is 8.80. The van der Waals surface area contributed by atoms with Crippen LogP contribution in [0.15, 0.2) is 18.7 Å². The van der Waals surface area contributed by atoms with Crippen molar-refractivity contribution in [2.24, 2.45) is 0 Å². The highest BCUT2D eigenvalue weighted by Gasteiger charge is 2.24. The van der Waals surface area contributed by atoms with E-state index < -0.39 is 28.2 Å². The van der Waals surface area contributed by atoms with Crippen molar-refractivity contribution in [1.82, 2.24) is 4.90 Å². The molecule has 0 saturated carbocycles. The van der Waals surface area contributed by atoms with E-state index in [0.717, 1.165) is 6.07 Å². The van der Waals surface area contributed by atoms with Crippen LogP contribution in [0.2, 0.25) is 0 Å². The first-order chi connectivity index (χ1) is 9.87. The number of aromatic hydroxyl groups is 2. The van der Waals surface area contributed by atoms with Crippen LogP contribution < -0.4 is 0 Å². The molecule has 7 nitrogen and oxygen atoms in total. The van der Waals surface area contributed by atoms with Gasteiger partial charge in [-0.1, -0.05) is 20.4 Å². The molecule has 0 bridgehead atoms. The second-order valence-electron chi connectivity index (χ2n) is 4.40. The van der Waals surface area contributed by atoms with Gasteiger partial charge in [0.15, 0.2) is 5.75 Å². The third-order valence-electron chi connectivity index (χ3n) is 3.27. The van der Waals surface area contributed by atoms with Crippen molar-refractivity contribution in [3.63, 3.8) is 0 Å². The number of nitro groups is 1. The van der Waals surface area contributed by atoms with Crippen molar-refractivity contribution in [3.8, 4) is 17.6 Å². The summed E-state index contributed by atoms with van der Waals surface area (Å²) in [5.74, 6) is -1.41. The Morgan fingerprint density at radius 1 is 1.48 bits per heavy atom. The van der Waals surface area contributed by atoms with Crippen molar-refractivity contribution >= 4 is 11.3 Å². The zero-order valence-electron chi connectivity index (χ0n) is 11.9. The van der Waals surface area contributed by atoms with Crippen LogP contribution in [0.5, 0.6) is 11.5 Å². The molecule has 0 spiro atoms. The number of hydrogen-bond acceptors (Lipinski definition) is 6. The molecule has 1 atom stereocenters. The molecule has 0 aliphatic rings. The minimum Gasteiger partial charge on any atom is -0.504 e. The molecule has 1 unspecified atom stereocenters. The third-order valence-corrected chi connectivity index (χ3v) is 3.27. The molecule has 1 rings (SSSR count). The molecular formula is C14H17N3O4. The summed E-state index contributed by atoms with van der Waals surface area (Å²) in [7, 11) is 0. The molecule has 0 heterocycles. The Kier molecular flexibility index (Phi) is 5.27. The Bertz CT molecular complexity index is 603. The van der Waals surface area contributed by atoms with E-state index in [2.05, 4.69) is 12.6 Å². The van der Waals surface area contributed by atoms with Gasteiger partial charge in [-0.15, -0.1) is 0 Å². The van der Waals surface area contributed by atoms with Crippen molar-refractivity contribution < 1.29 is 15.1 Å². The molecule has 112 valence electrons. The molecule has 0 aliphatic heterocycles. The van der Waals surface area contributed by atoms with Gasteiger partial charge < -0.3 is 10.2 Å². The maximum atomic E-state index is 10.9. The van der Waals surface area contributed by atoms with Crippen LogP contribution in [-0.4, -0.2) is 39.2 Å². The predicted molar refractivity (Wildman–Crippen MR) is 77.8 cm³/mol. The number of phenolic OH excluding ortho intramolecular Hbond substituents is 2. The molecule has 0 saturated heterocycles. The lowest BCUT2D eigenvalue weighted by Gasteiger charge is -2.25. The van der Waals surface area contributed by atoms with Crippen molar-refractivity contribution in [1.29, 1.82) is 5.26 Å². The van der Waals surface area contributed by atoms with E-state index in [1.165, 1.54) is 6.07 Å². The third kappa shape index (κ3) is 3.30. The minimum atomic E-state index is -0.801. The standard InChI is InChI=1S/C14H17N3O4/c1-4-16(5-2)12(8-15)9(3)10-6-11(17(20)21)14(19)13(18)7-10/h6-7,12,18-19H,3-5H2,1-2H3. The van der Waals surface area contributed by atoms with Crippen molar-refractivity contribution in [2.45, 2.75) is 19.9 Å². The maximum absolute atomic E-state index is 10.9. The van der Waals surface area contributed by atoms with Gasteiger partial charge in [0.1, 0.15) is 6.04 Å². The number of phenols is 2. The summed E-state index contributed by atoms with van der Waals surface area (Å²) in [4.78, 5) is 11.9. The Morgan fingerprint density at radius 2 is 2.05 bits per heavy atom. The van der Waals surface area contributed by atoms with E-state index in [4.69, 9.17) is 0 Å². The number of nitriles is 1. The first kappa shape index (κ1) is 16.5. The first-order valence-electron chi connectivity index (χ1n) is 6.40. The number of nitrogens with zero attached hydrogens (tertiary/aromatic N) is 3. The summed E-state index contributed by atoms with van der Waals surface area (Å²) in [6, 6.07) is 3.70. The van der Waals surface area contributed by atoms with Gasteiger partial charge in [-0.25, -0.2) is 0 Å². The highest BCUT2D eigenvalue weighted by Crippen LogP contribution is 2.38. The van der Waals surface area contributed by atoms with Gasteiger partial charge in [-0.3, -0.25) is 15.0 Å². The van der Waals surface area contributed by atoms with Gasteiger partial charge in [0.25, 0.3) is 0 Å². The highest BCUT2D eigenvalue weighted by molar-refractivity contribution is 5.75. The van der Waals surface area contributed by atoms with Crippen molar-refractivity contribution in [3.05, 3.63) is 34.4 Å². The normalized spacial score (nSPS) is 11.9. The number of hydrogen-bond donors (Lipinski definition) is 2. The zero-order chi connectivity index (χ0) is 16.2. The van der Waals surface area contributed by atoms with Gasteiger partial charge in [0.2, 0.25) is 5.75 Å². The minimum absolute atomic E-state index is 0.246. The fraction of sp³-hybridized carbons (Fsp3) is 0.357. The fourth-order valence-corrected chi connectivity index (χ4v) is 2.06.